The highest BCUT2D eigenvalue weighted by Gasteiger charge is 2.57. The van der Waals surface area contributed by atoms with Crippen molar-refractivity contribution < 1.29 is 18.8 Å². The van der Waals surface area contributed by atoms with Crippen molar-refractivity contribution in [2.75, 3.05) is 6.61 Å². The number of nitrogens with zero attached hydrogens (tertiary/aromatic N) is 1. The molecule has 2 heterocycles. The number of hydrogen-bond acceptors (Lipinski definition) is 4. The lowest BCUT2D eigenvalue weighted by molar-refractivity contribution is -0.141. The second kappa shape index (κ2) is 9.55. The van der Waals surface area contributed by atoms with Gasteiger partial charge in [-0.25, -0.2) is 4.79 Å². The van der Waals surface area contributed by atoms with E-state index in [1.54, 1.807) is 4.90 Å². The Morgan fingerprint density at radius 1 is 0.969 bits per heavy atom. The smallest absolute Gasteiger partial charge is 0.411 e. The highest BCUT2D eigenvalue weighted by molar-refractivity contribution is 6.77. The molecule has 0 spiro atoms. The summed E-state index contributed by atoms with van der Waals surface area (Å²) in [4.78, 5) is 27.3. The largest absolute Gasteiger partial charge is 0.447 e. The predicted molar refractivity (Wildman–Crippen MR) is 129 cm³/mol. The molecule has 0 unspecified atom stereocenters. The molecule has 2 amide bonds. The van der Waals surface area contributed by atoms with Gasteiger partial charge in [-0.3, -0.25) is 9.69 Å². The molecule has 1 N–H and O–H groups in total. The predicted octanol–water partition coefficient (Wildman–Crippen LogP) is 5.26. The van der Waals surface area contributed by atoms with Crippen molar-refractivity contribution in [2.45, 2.75) is 96.2 Å². The minimum Gasteiger partial charge on any atom is -0.447 e. The van der Waals surface area contributed by atoms with Crippen LogP contribution in [0, 0.1) is 5.92 Å². The Bertz CT molecular complexity index is 790. The second-order valence-corrected chi connectivity index (χ2v) is 15.9. The average molecular weight is 461 g/mol. The van der Waals surface area contributed by atoms with E-state index in [1.165, 1.54) is 0 Å². The maximum absolute atomic E-state index is 12.8. The Balaban J connectivity index is 1.94. The van der Waals surface area contributed by atoms with E-state index >= 15 is 0 Å². The van der Waals surface area contributed by atoms with Gasteiger partial charge in [0.15, 0.2) is 0 Å². The van der Waals surface area contributed by atoms with Gasteiger partial charge in [0, 0.05) is 0 Å². The molecule has 32 heavy (non-hydrogen) atoms. The normalized spacial score (nSPS) is 24.9. The number of nitrogens with one attached hydrogen (secondary N) is 1. The molecule has 1 aromatic rings. The van der Waals surface area contributed by atoms with E-state index in [1.807, 2.05) is 30.3 Å². The van der Waals surface area contributed by atoms with Crippen LogP contribution in [-0.4, -0.2) is 50.0 Å². The first kappa shape index (κ1) is 24.8. The summed E-state index contributed by atoms with van der Waals surface area (Å²) >= 11 is 0. The number of ether oxygens (including phenoxy) is 1. The van der Waals surface area contributed by atoms with Crippen LogP contribution in [0.15, 0.2) is 30.3 Å². The lowest BCUT2D eigenvalue weighted by Crippen LogP contribution is -2.75. The summed E-state index contributed by atoms with van der Waals surface area (Å²) < 4.78 is 12.6. The van der Waals surface area contributed by atoms with Crippen LogP contribution in [-0.2, 0) is 14.0 Å². The number of benzene rings is 1. The van der Waals surface area contributed by atoms with Gasteiger partial charge in [-0.2, -0.15) is 0 Å². The van der Waals surface area contributed by atoms with Gasteiger partial charge in [0.05, 0.1) is 18.2 Å². The zero-order valence-corrected chi connectivity index (χ0v) is 21.8. The first-order valence-electron chi connectivity index (χ1n) is 12.0. The van der Waals surface area contributed by atoms with Gasteiger partial charge in [-0.15, -0.1) is 0 Å². The fourth-order valence-electron chi connectivity index (χ4n) is 5.90. The van der Waals surface area contributed by atoms with Crippen LogP contribution in [0.2, 0.25) is 16.6 Å². The van der Waals surface area contributed by atoms with Crippen LogP contribution in [0.5, 0.6) is 0 Å². The van der Waals surface area contributed by atoms with Crippen LogP contribution in [0.3, 0.4) is 0 Å². The summed E-state index contributed by atoms with van der Waals surface area (Å²) in [5, 5.41) is 3.09. The maximum Gasteiger partial charge on any atom is 0.411 e. The molecule has 178 valence electrons. The Morgan fingerprint density at radius 2 is 1.53 bits per heavy atom. The molecule has 3 rings (SSSR count). The van der Waals surface area contributed by atoms with Crippen LogP contribution >= 0.6 is 0 Å². The van der Waals surface area contributed by atoms with Gasteiger partial charge < -0.3 is 14.5 Å². The van der Waals surface area contributed by atoms with E-state index in [-0.39, 0.29) is 36.6 Å². The number of β-lactam (4-membered cyclic amide) rings is 1. The highest BCUT2D eigenvalue weighted by Crippen LogP contribution is 2.45. The number of carbonyl (C=O) groups excluding carboxylic acids is 2. The number of hydrogen-bond donors (Lipinski definition) is 1. The summed E-state index contributed by atoms with van der Waals surface area (Å²) in [6, 6.07) is 8.71. The number of carbonyl (C=O) groups is 2. The molecule has 0 bridgehead atoms. The molecule has 0 aromatic heterocycles. The molecular weight excluding hydrogens is 420 g/mol. The fraction of sp³-hybridized carbons (Fsp3) is 0.680. The Labute approximate surface area is 194 Å². The molecule has 2 aliphatic rings. The lowest BCUT2D eigenvalue weighted by atomic mass is 9.86. The van der Waals surface area contributed by atoms with Crippen LogP contribution < -0.4 is 5.32 Å². The molecular formula is C25H40N2O4Si. The van der Waals surface area contributed by atoms with E-state index in [4.69, 9.17) is 9.16 Å². The molecule has 0 radical (unpaired) electrons. The SMILES string of the molecule is CC(C)[C@H](O[Si](C(C)C)(C(C)C)C(C)C)[C@@H]1NC(=O)[C@H]1N1C(=O)OC[C@@H]1c1ccccc1. The molecule has 2 aliphatic heterocycles. The number of rotatable bonds is 9. The Hall–Kier alpha value is -1.86. The van der Waals surface area contributed by atoms with Crippen LogP contribution in [0.25, 0.3) is 0 Å². The molecule has 6 nitrogen and oxygen atoms in total. The highest BCUT2D eigenvalue weighted by atomic mass is 28.4. The minimum atomic E-state index is -2.17. The van der Waals surface area contributed by atoms with Crippen molar-refractivity contribution in [1.29, 1.82) is 0 Å². The molecule has 1 aromatic carbocycles. The second-order valence-electron chi connectivity index (χ2n) is 10.5. The summed E-state index contributed by atoms with van der Waals surface area (Å²) in [6.45, 7) is 18.1. The van der Waals surface area contributed by atoms with Crippen molar-refractivity contribution in [3.63, 3.8) is 0 Å². The van der Waals surface area contributed by atoms with E-state index < -0.39 is 20.5 Å². The molecule has 2 saturated heterocycles. The van der Waals surface area contributed by atoms with E-state index in [0.717, 1.165) is 5.56 Å². The molecule has 0 saturated carbocycles. The minimum absolute atomic E-state index is 0.130. The van der Waals surface area contributed by atoms with Crippen molar-refractivity contribution in [1.82, 2.24) is 10.2 Å². The van der Waals surface area contributed by atoms with Crippen molar-refractivity contribution >= 4 is 20.3 Å². The summed E-state index contributed by atoms with van der Waals surface area (Å²) in [5.74, 6) is 0.0648. The van der Waals surface area contributed by atoms with Gasteiger partial charge in [0.25, 0.3) is 0 Å². The molecule has 4 atom stereocenters. The number of amides is 2. The van der Waals surface area contributed by atoms with E-state index in [9.17, 15) is 9.59 Å². The summed E-state index contributed by atoms with van der Waals surface area (Å²) in [5.41, 5.74) is 2.29. The van der Waals surface area contributed by atoms with E-state index in [0.29, 0.717) is 16.6 Å². The molecule has 7 heteroatoms. The van der Waals surface area contributed by atoms with Gasteiger partial charge in [0.1, 0.15) is 12.6 Å². The zero-order valence-electron chi connectivity index (χ0n) is 20.8. The first-order valence-corrected chi connectivity index (χ1v) is 14.1. The van der Waals surface area contributed by atoms with Gasteiger partial charge in [-0.05, 0) is 28.1 Å². The van der Waals surface area contributed by atoms with Gasteiger partial charge in [0.2, 0.25) is 14.2 Å². The standard InChI is InChI=1S/C25H40N2O4Si/c1-15(2)23(31-32(16(3)4,17(5)6)18(7)8)21-22(24(28)26-21)27-20(14-30-25(27)29)19-12-10-9-11-13-19/h9-13,15-18,20-23H,14H2,1-8H3,(H,26,28)/t20-,21-,22+,23+/m1/s1. The van der Waals surface area contributed by atoms with Crippen molar-refractivity contribution in [2.24, 2.45) is 5.92 Å². The zero-order chi connectivity index (χ0) is 23.8. The third-order valence-corrected chi connectivity index (χ3v) is 13.5. The van der Waals surface area contributed by atoms with E-state index in [2.05, 4.69) is 60.7 Å². The maximum atomic E-state index is 12.8. The Morgan fingerprint density at radius 3 is 2.00 bits per heavy atom. The molecule has 0 aliphatic carbocycles. The lowest BCUT2D eigenvalue weighted by Gasteiger charge is -2.52. The van der Waals surface area contributed by atoms with Crippen molar-refractivity contribution in [3.05, 3.63) is 35.9 Å². The summed E-state index contributed by atoms with van der Waals surface area (Å²) in [6.07, 6.45) is -0.590. The number of cyclic esters (lactones) is 1. The monoisotopic (exact) mass is 460 g/mol. The fourth-order valence-corrected chi connectivity index (χ4v) is 11.6. The topological polar surface area (TPSA) is 67.9 Å². The Kier molecular flexibility index (Phi) is 7.40. The van der Waals surface area contributed by atoms with Crippen LogP contribution in [0.1, 0.15) is 67.0 Å². The van der Waals surface area contributed by atoms with Crippen molar-refractivity contribution in [3.8, 4) is 0 Å². The first-order chi connectivity index (χ1) is 15.0. The van der Waals surface area contributed by atoms with Gasteiger partial charge in [-0.1, -0.05) is 85.7 Å². The quantitative estimate of drug-likeness (QED) is 0.403. The van der Waals surface area contributed by atoms with Crippen LogP contribution in [0.4, 0.5) is 4.79 Å². The van der Waals surface area contributed by atoms with Gasteiger partial charge >= 0.3 is 6.09 Å². The summed E-state index contributed by atoms with van der Waals surface area (Å²) in [7, 11) is -2.17. The molecule has 2 fully saturated rings. The third kappa shape index (κ3) is 4.21. The third-order valence-electron chi connectivity index (χ3n) is 7.37. The average Bonchev–Trinajstić information content (AvgIpc) is 3.08.